The highest BCUT2D eigenvalue weighted by molar-refractivity contribution is 7.11. The smallest absolute Gasteiger partial charge is 0.290 e. The number of ketones is 1. The average Bonchev–Trinajstić information content (AvgIpc) is 2.76. The molecule has 2 rings (SSSR count). The van der Waals surface area contributed by atoms with Crippen LogP contribution in [0.1, 0.15) is 23.1 Å². The molecule has 0 radical (unpaired) electrons. The van der Waals surface area contributed by atoms with Crippen molar-refractivity contribution in [3.8, 4) is 0 Å². The molecule has 0 bridgehead atoms. The van der Waals surface area contributed by atoms with Gasteiger partial charge in [0.2, 0.25) is 5.78 Å². The van der Waals surface area contributed by atoms with Crippen LogP contribution in [0, 0.1) is 6.92 Å². The van der Waals surface area contributed by atoms with Crippen molar-refractivity contribution < 1.29 is 9.59 Å². The van der Waals surface area contributed by atoms with Crippen molar-refractivity contribution in [2.75, 3.05) is 6.54 Å². The summed E-state index contributed by atoms with van der Waals surface area (Å²) in [7, 11) is 0. The molecule has 1 aromatic rings. The van der Waals surface area contributed by atoms with E-state index in [1.807, 2.05) is 6.92 Å². The summed E-state index contributed by atoms with van der Waals surface area (Å²) in [4.78, 5) is 26.9. The fourth-order valence-corrected chi connectivity index (χ4v) is 3.02. The summed E-state index contributed by atoms with van der Waals surface area (Å²) in [5.41, 5.74) is 0. The lowest BCUT2D eigenvalue weighted by Gasteiger charge is -2.22. The maximum absolute atomic E-state index is 11.5. The Morgan fingerprint density at radius 1 is 1.44 bits per heavy atom. The molecule has 1 amide bonds. The molecule has 1 aliphatic heterocycles. The summed E-state index contributed by atoms with van der Waals surface area (Å²) in [5.74, 6) is -0.546. The zero-order valence-corrected chi connectivity index (χ0v) is 10.3. The van der Waals surface area contributed by atoms with E-state index < -0.39 is 0 Å². The number of Topliss-reactive ketones (excluding diaryl/α,β-unsaturated/α-hetero) is 1. The van der Waals surface area contributed by atoms with Crippen LogP contribution in [-0.2, 0) is 16.0 Å². The van der Waals surface area contributed by atoms with Gasteiger partial charge in [0.15, 0.2) is 0 Å². The Morgan fingerprint density at radius 2 is 2.19 bits per heavy atom. The van der Waals surface area contributed by atoms with Gasteiger partial charge < -0.3 is 4.90 Å². The van der Waals surface area contributed by atoms with Gasteiger partial charge in [-0.3, -0.25) is 9.59 Å². The Bertz CT molecular complexity index is 424. The zero-order valence-electron chi connectivity index (χ0n) is 9.53. The number of hydrogen-bond donors (Lipinski definition) is 0. The summed E-state index contributed by atoms with van der Waals surface area (Å²) in [6.45, 7) is 4.66. The molecular formula is C12H15NO2S. The third-order valence-electron chi connectivity index (χ3n) is 2.90. The van der Waals surface area contributed by atoms with E-state index in [0.29, 0.717) is 13.0 Å². The van der Waals surface area contributed by atoms with Crippen molar-refractivity contribution in [2.24, 2.45) is 0 Å². The number of hydrogen-bond acceptors (Lipinski definition) is 3. The molecule has 1 saturated heterocycles. The summed E-state index contributed by atoms with van der Waals surface area (Å²) < 4.78 is 0. The minimum atomic E-state index is -0.305. The van der Waals surface area contributed by atoms with E-state index in [-0.39, 0.29) is 17.7 Å². The molecule has 1 unspecified atom stereocenters. The monoisotopic (exact) mass is 237 g/mol. The molecule has 0 N–H and O–H groups in total. The van der Waals surface area contributed by atoms with E-state index in [9.17, 15) is 9.59 Å². The first-order valence-corrected chi connectivity index (χ1v) is 6.28. The quantitative estimate of drug-likeness (QED) is 0.752. The van der Waals surface area contributed by atoms with E-state index in [2.05, 4.69) is 19.1 Å². The molecule has 0 aromatic carbocycles. The predicted molar refractivity (Wildman–Crippen MR) is 63.6 cm³/mol. The molecule has 1 aromatic heterocycles. The molecule has 0 aliphatic carbocycles. The Kier molecular flexibility index (Phi) is 3.10. The lowest BCUT2D eigenvalue weighted by molar-refractivity contribution is -0.141. The van der Waals surface area contributed by atoms with Crippen molar-refractivity contribution in [1.29, 1.82) is 0 Å². The van der Waals surface area contributed by atoms with E-state index in [0.717, 1.165) is 6.42 Å². The number of carbonyl (C=O) groups excluding carboxylic acids is 2. The van der Waals surface area contributed by atoms with Gasteiger partial charge in [-0.25, -0.2) is 0 Å². The minimum absolute atomic E-state index is 0.122. The second kappa shape index (κ2) is 4.37. The van der Waals surface area contributed by atoms with Crippen LogP contribution in [0.5, 0.6) is 0 Å². The van der Waals surface area contributed by atoms with E-state index in [4.69, 9.17) is 0 Å². The minimum Gasteiger partial charge on any atom is -0.333 e. The van der Waals surface area contributed by atoms with E-state index in [1.54, 1.807) is 16.2 Å². The van der Waals surface area contributed by atoms with Gasteiger partial charge >= 0.3 is 0 Å². The van der Waals surface area contributed by atoms with Gasteiger partial charge in [-0.1, -0.05) is 0 Å². The Labute approximate surface area is 99.1 Å². The molecular weight excluding hydrogens is 222 g/mol. The van der Waals surface area contributed by atoms with Crippen LogP contribution in [-0.4, -0.2) is 29.2 Å². The Morgan fingerprint density at radius 3 is 2.69 bits per heavy atom. The number of rotatable bonds is 3. The first-order valence-electron chi connectivity index (χ1n) is 5.47. The van der Waals surface area contributed by atoms with Crippen molar-refractivity contribution >= 4 is 23.0 Å². The summed E-state index contributed by atoms with van der Waals surface area (Å²) in [6, 6.07) is 4.31. The Balaban J connectivity index is 2.01. The summed E-state index contributed by atoms with van der Waals surface area (Å²) in [5, 5.41) is 0. The Hall–Kier alpha value is -1.16. The number of thiophene rings is 1. The van der Waals surface area contributed by atoms with Gasteiger partial charge in [0.05, 0.1) is 0 Å². The number of nitrogens with zero attached hydrogens (tertiary/aromatic N) is 1. The number of likely N-dealkylation sites (tertiary alicyclic amines) is 1. The standard InChI is InChI=1S/C12H15NO2S/c1-8(7-10-4-3-9(2)16-10)13-6-5-11(14)12(13)15/h3-4,8H,5-7H2,1-2H3. The molecule has 0 saturated carbocycles. The molecule has 1 atom stereocenters. The molecule has 4 heteroatoms. The zero-order chi connectivity index (χ0) is 11.7. The molecule has 1 aliphatic rings. The fraction of sp³-hybridized carbons (Fsp3) is 0.500. The lowest BCUT2D eigenvalue weighted by Crippen LogP contribution is -2.36. The fourth-order valence-electron chi connectivity index (χ4n) is 2.01. The van der Waals surface area contributed by atoms with Crippen molar-refractivity contribution in [2.45, 2.75) is 32.7 Å². The normalized spacial score (nSPS) is 18.2. The van der Waals surface area contributed by atoms with Crippen LogP contribution in [0.4, 0.5) is 0 Å². The molecule has 16 heavy (non-hydrogen) atoms. The third-order valence-corrected chi connectivity index (χ3v) is 3.93. The summed E-state index contributed by atoms with van der Waals surface area (Å²) >= 11 is 1.75. The van der Waals surface area contributed by atoms with Crippen LogP contribution >= 0.6 is 11.3 Å². The van der Waals surface area contributed by atoms with Gasteiger partial charge in [0.1, 0.15) is 0 Å². The maximum Gasteiger partial charge on any atom is 0.290 e. The van der Waals surface area contributed by atoms with Crippen molar-refractivity contribution in [3.05, 3.63) is 21.9 Å². The highest BCUT2D eigenvalue weighted by Crippen LogP contribution is 2.20. The average molecular weight is 237 g/mol. The highest BCUT2D eigenvalue weighted by atomic mass is 32.1. The molecule has 0 spiro atoms. The van der Waals surface area contributed by atoms with Gasteiger partial charge in [0.25, 0.3) is 5.91 Å². The van der Waals surface area contributed by atoms with Crippen molar-refractivity contribution in [3.63, 3.8) is 0 Å². The van der Waals surface area contributed by atoms with Crippen LogP contribution < -0.4 is 0 Å². The molecule has 86 valence electrons. The van der Waals surface area contributed by atoms with Gasteiger partial charge in [-0.05, 0) is 26.0 Å². The molecule has 1 fully saturated rings. The van der Waals surface area contributed by atoms with E-state index >= 15 is 0 Å². The van der Waals surface area contributed by atoms with Crippen LogP contribution in [0.15, 0.2) is 12.1 Å². The van der Waals surface area contributed by atoms with Gasteiger partial charge in [-0.15, -0.1) is 11.3 Å². The van der Waals surface area contributed by atoms with Crippen molar-refractivity contribution in [1.82, 2.24) is 4.90 Å². The highest BCUT2D eigenvalue weighted by Gasteiger charge is 2.32. The summed E-state index contributed by atoms with van der Waals surface area (Å²) in [6.07, 6.45) is 1.23. The maximum atomic E-state index is 11.5. The molecule has 2 heterocycles. The largest absolute Gasteiger partial charge is 0.333 e. The second-order valence-corrected chi connectivity index (χ2v) is 5.61. The molecule has 3 nitrogen and oxygen atoms in total. The third kappa shape index (κ3) is 2.16. The van der Waals surface area contributed by atoms with Gasteiger partial charge in [-0.2, -0.15) is 0 Å². The number of aryl methyl sites for hydroxylation is 1. The van der Waals surface area contributed by atoms with Crippen LogP contribution in [0.25, 0.3) is 0 Å². The van der Waals surface area contributed by atoms with Crippen LogP contribution in [0.3, 0.4) is 0 Å². The van der Waals surface area contributed by atoms with Gasteiger partial charge in [0, 0.05) is 35.2 Å². The topological polar surface area (TPSA) is 37.4 Å². The second-order valence-electron chi connectivity index (χ2n) is 4.24. The predicted octanol–water partition coefficient (Wildman–Crippen LogP) is 1.79. The lowest BCUT2D eigenvalue weighted by atomic mass is 10.2. The first kappa shape index (κ1) is 11.3. The van der Waals surface area contributed by atoms with E-state index in [1.165, 1.54) is 9.75 Å². The number of amides is 1. The number of carbonyl (C=O) groups is 2. The first-order chi connectivity index (χ1) is 7.58. The SMILES string of the molecule is Cc1ccc(CC(C)N2CCC(=O)C2=O)s1. The van der Waals surface area contributed by atoms with Crippen LogP contribution in [0.2, 0.25) is 0 Å².